The lowest BCUT2D eigenvalue weighted by atomic mass is 10.0. The second-order valence-electron chi connectivity index (χ2n) is 10.0. The van der Waals surface area contributed by atoms with Gasteiger partial charge in [-0.1, -0.05) is 12.1 Å². The van der Waals surface area contributed by atoms with E-state index in [1.54, 1.807) is 24.4 Å². The van der Waals surface area contributed by atoms with Crippen LogP contribution in [0.1, 0.15) is 29.7 Å². The van der Waals surface area contributed by atoms with E-state index in [-0.39, 0.29) is 37.4 Å². The zero-order chi connectivity index (χ0) is 27.9. The predicted molar refractivity (Wildman–Crippen MR) is 146 cm³/mol. The van der Waals surface area contributed by atoms with Gasteiger partial charge in [0.05, 0.1) is 18.8 Å². The summed E-state index contributed by atoms with van der Waals surface area (Å²) in [6.07, 6.45) is 2.67. The second kappa shape index (κ2) is 12.8. The number of nitrogens with zero attached hydrogens (tertiary/aromatic N) is 2. The van der Waals surface area contributed by atoms with Crippen LogP contribution in [-0.4, -0.2) is 60.7 Å². The Balaban J connectivity index is 1.39. The molecule has 2 aliphatic heterocycles. The second-order valence-corrected chi connectivity index (χ2v) is 10.0. The number of benzene rings is 2. The lowest BCUT2D eigenvalue weighted by molar-refractivity contribution is -0.125. The molecule has 40 heavy (non-hydrogen) atoms. The molecule has 10 heteroatoms. The van der Waals surface area contributed by atoms with Crippen molar-refractivity contribution >= 4 is 11.8 Å². The Hall–Kier alpha value is -4.18. The van der Waals surface area contributed by atoms with Gasteiger partial charge in [-0.3, -0.25) is 19.5 Å². The molecule has 3 aromatic rings. The van der Waals surface area contributed by atoms with E-state index in [0.717, 1.165) is 11.3 Å². The topological polar surface area (TPSA) is 102 Å². The van der Waals surface area contributed by atoms with Crippen LogP contribution in [0.5, 0.6) is 17.2 Å². The number of halogens is 1. The van der Waals surface area contributed by atoms with Gasteiger partial charge in [0.2, 0.25) is 5.91 Å². The Morgan fingerprint density at radius 1 is 1.07 bits per heavy atom. The summed E-state index contributed by atoms with van der Waals surface area (Å²) in [6.45, 7) is 1.81. The fraction of sp³-hybridized carbons (Fsp3) is 0.367. The van der Waals surface area contributed by atoms with Crippen LogP contribution < -0.4 is 24.8 Å². The molecule has 3 heterocycles. The number of pyridine rings is 1. The fourth-order valence-electron chi connectivity index (χ4n) is 5.04. The molecule has 2 aliphatic rings. The van der Waals surface area contributed by atoms with Crippen molar-refractivity contribution in [2.24, 2.45) is 0 Å². The SMILES string of the molecule is COc1ccc2cc1OCC(=O)N[C@@H]1CN(Cc3ccccn3)CC[C@H]1Oc1cc(F)cc(c1)CNC(=O)CC2. The number of nitrogens with one attached hydrogen (secondary N) is 2. The van der Waals surface area contributed by atoms with Gasteiger partial charge >= 0.3 is 0 Å². The summed E-state index contributed by atoms with van der Waals surface area (Å²) in [5.74, 6) is 0.343. The van der Waals surface area contributed by atoms with Crippen LogP contribution in [0.25, 0.3) is 0 Å². The number of fused-ring (bicyclic) bond motifs is 5. The predicted octanol–water partition coefficient (Wildman–Crippen LogP) is 3.01. The number of likely N-dealkylation sites (tertiary alicyclic amines) is 1. The highest BCUT2D eigenvalue weighted by Crippen LogP contribution is 2.29. The number of rotatable bonds is 3. The van der Waals surface area contributed by atoms with Crippen molar-refractivity contribution in [3.63, 3.8) is 0 Å². The summed E-state index contributed by atoms with van der Waals surface area (Å²) in [5.41, 5.74) is 2.39. The molecule has 1 fully saturated rings. The number of carbonyl (C=O) groups excluding carboxylic acids is 2. The molecule has 4 bridgehead atoms. The third kappa shape index (κ3) is 7.26. The first-order valence-corrected chi connectivity index (χ1v) is 13.4. The summed E-state index contributed by atoms with van der Waals surface area (Å²) in [6, 6.07) is 15.2. The molecule has 1 aromatic heterocycles. The number of methoxy groups -OCH3 is 1. The molecule has 0 saturated carbocycles. The molecule has 0 radical (unpaired) electrons. The Labute approximate surface area is 232 Å². The van der Waals surface area contributed by atoms with E-state index in [9.17, 15) is 14.0 Å². The molecule has 0 aliphatic carbocycles. The van der Waals surface area contributed by atoms with Gasteiger partial charge in [-0.15, -0.1) is 0 Å². The minimum Gasteiger partial charge on any atom is -0.493 e. The largest absolute Gasteiger partial charge is 0.493 e. The van der Waals surface area contributed by atoms with Crippen LogP contribution in [0.15, 0.2) is 60.8 Å². The highest BCUT2D eigenvalue weighted by atomic mass is 19.1. The molecule has 5 rings (SSSR count). The molecule has 0 unspecified atom stereocenters. The van der Waals surface area contributed by atoms with Gasteiger partial charge < -0.3 is 24.8 Å². The zero-order valence-corrected chi connectivity index (χ0v) is 22.4. The van der Waals surface area contributed by atoms with E-state index < -0.39 is 11.9 Å². The van der Waals surface area contributed by atoms with E-state index >= 15 is 0 Å². The molecule has 2 N–H and O–H groups in total. The van der Waals surface area contributed by atoms with Crippen LogP contribution in [0, 0.1) is 5.82 Å². The fourth-order valence-corrected chi connectivity index (χ4v) is 5.04. The summed E-state index contributed by atoms with van der Waals surface area (Å²) in [5, 5.41) is 5.93. The van der Waals surface area contributed by atoms with E-state index in [1.165, 1.54) is 19.2 Å². The molecule has 0 spiro atoms. The Morgan fingerprint density at radius 2 is 1.98 bits per heavy atom. The lowest BCUT2D eigenvalue weighted by Crippen LogP contribution is -2.57. The smallest absolute Gasteiger partial charge is 0.258 e. The lowest BCUT2D eigenvalue weighted by Gasteiger charge is -2.38. The first kappa shape index (κ1) is 27.4. The van der Waals surface area contributed by atoms with Crippen molar-refractivity contribution in [3.05, 3.63) is 83.4 Å². The minimum absolute atomic E-state index is 0.161. The third-order valence-corrected chi connectivity index (χ3v) is 7.03. The average Bonchev–Trinajstić information content (AvgIpc) is 2.95. The standard InChI is InChI=1S/C30H33FN4O5/c1-38-27-7-5-20-6-8-29(36)33-16-21-12-22(31)15-24(13-21)40-26-9-11-35(17-23-4-2-3-10-32-23)18-25(26)34-30(37)19-39-28(27)14-20/h2-5,7,10,12-15,25-26H,6,8-9,11,16-19H2,1H3,(H,33,36)(H,34,37)/t25-,26-/m1/s1. The van der Waals surface area contributed by atoms with Crippen molar-refractivity contribution in [2.45, 2.75) is 44.5 Å². The summed E-state index contributed by atoms with van der Waals surface area (Å²) >= 11 is 0. The zero-order valence-electron chi connectivity index (χ0n) is 22.4. The molecule has 210 valence electrons. The molecular formula is C30H33FN4O5. The maximum absolute atomic E-state index is 14.5. The molecule has 1 saturated heterocycles. The number of hydrogen-bond donors (Lipinski definition) is 2. The average molecular weight is 549 g/mol. The van der Waals surface area contributed by atoms with Crippen LogP contribution in [0.3, 0.4) is 0 Å². The molecule has 2 aromatic carbocycles. The maximum Gasteiger partial charge on any atom is 0.258 e. The molecule has 2 atom stereocenters. The monoisotopic (exact) mass is 548 g/mol. The van der Waals surface area contributed by atoms with Crippen LogP contribution >= 0.6 is 0 Å². The molecule has 9 nitrogen and oxygen atoms in total. The highest BCUT2D eigenvalue weighted by Gasteiger charge is 2.32. The summed E-state index contributed by atoms with van der Waals surface area (Å²) in [4.78, 5) is 32.2. The number of aryl methyl sites for hydroxylation is 1. The van der Waals surface area contributed by atoms with E-state index in [0.29, 0.717) is 55.3 Å². The van der Waals surface area contributed by atoms with Gasteiger partial charge in [0.25, 0.3) is 5.91 Å². The first-order chi connectivity index (χ1) is 19.4. The van der Waals surface area contributed by atoms with Crippen molar-refractivity contribution in [1.29, 1.82) is 0 Å². The normalized spacial score (nSPS) is 20.4. The number of hydrogen-bond acceptors (Lipinski definition) is 7. The number of ether oxygens (including phenoxy) is 3. The van der Waals surface area contributed by atoms with Crippen molar-refractivity contribution in [2.75, 3.05) is 26.8 Å². The minimum atomic E-state index is -0.455. The van der Waals surface area contributed by atoms with Crippen LogP contribution in [-0.2, 0) is 29.1 Å². The van der Waals surface area contributed by atoms with E-state index in [2.05, 4.69) is 20.5 Å². The number of amides is 2. The van der Waals surface area contributed by atoms with Gasteiger partial charge in [-0.25, -0.2) is 4.39 Å². The first-order valence-electron chi connectivity index (χ1n) is 13.4. The quantitative estimate of drug-likeness (QED) is 0.519. The van der Waals surface area contributed by atoms with Crippen LogP contribution in [0.4, 0.5) is 4.39 Å². The third-order valence-electron chi connectivity index (χ3n) is 7.03. The van der Waals surface area contributed by atoms with Gasteiger partial charge in [-0.05, 0) is 60.4 Å². The van der Waals surface area contributed by atoms with Gasteiger partial charge in [0.15, 0.2) is 18.1 Å². The molecule has 2 amide bonds. The Morgan fingerprint density at radius 3 is 2.80 bits per heavy atom. The van der Waals surface area contributed by atoms with Crippen molar-refractivity contribution in [1.82, 2.24) is 20.5 Å². The summed E-state index contributed by atoms with van der Waals surface area (Å²) < 4.78 is 32.0. The van der Waals surface area contributed by atoms with Crippen molar-refractivity contribution in [3.8, 4) is 17.2 Å². The number of aromatic nitrogens is 1. The number of piperidine rings is 1. The highest BCUT2D eigenvalue weighted by molar-refractivity contribution is 5.78. The van der Waals surface area contributed by atoms with Crippen molar-refractivity contribution < 1.29 is 28.2 Å². The number of carbonyl (C=O) groups is 2. The van der Waals surface area contributed by atoms with E-state index in [1.807, 2.05) is 24.3 Å². The van der Waals surface area contributed by atoms with Gasteiger partial charge in [-0.2, -0.15) is 0 Å². The summed E-state index contributed by atoms with van der Waals surface area (Å²) in [7, 11) is 1.53. The Bertz CT molecular complexity index is 1340. The maximum atomic E-state index is 14.5. The molecular weight excluding hydrogens is 515 g/mol. The van der Waals surface area contributed by atoms with Crippen LogP contribution in [0.2, 0.25) is 0 Å². The van der Waals surface area contributed by atoms with Gasteiger partial charge in [0, 0.05) is 44.9 Å². The van der Waals surface area contributed by atoms with E-state index in [4.69, 9.17) is 14.2 Å². The Kier molecular flexibility index (Phi) is 8.75. The van der Waals surface area contributed by atoms with Gasteiger partial charge in [0.1, 0.15) is 17.7 Å².